The zero-order valence-corrected chi connectivity index (χ0v) is 18.6. The highest BCUT2D eigenvalue weighted by Gasteiger charge is 2.75. The van der Waals surface area contributed by atoms with Crippen molar-refractivity contribution < 1.29 is 19.2 Å². The lowest BCUT2D eigenvalue weighted by atomic mass is 9.84. The molecule has 3 aromatic rings. The Balaban J connectivity index is 1.60. The second kappa shape index (κ2) is 8.37. The molecule has 5 rings (SSSR count). The Labute approximate surface area is 193 Å². The minimum absolute atomic E-state index is 0.216. The molecule has 1 saturated heterocycles. The Hall–Kier alpha value is -3.64. The Morgan fingerprint density at radius 2 is 1.61 bits per heavy atom. The SMILES string of the molecule is COC(=O)C1CC12C(c1ccccc1)ON(c1ccc(C)cc1)C2C(=O)Nc1ccccc1. The van der Waals surface area contributed by atoms with E-state index in [1.165, 1.54) is 7.11 Å². The van der Waals surface area contributed by atoms with E-state index in [0.717, 1.165) is 16.8 Å². The number of esters is 1. The molecule has 1 saturated carbocycles. The predicted molar refractivity (Wildman–Crippen MR) is 125 cm³/mol. The smallest absolute Gasteiger partial charge is 0.309 e. The van der Waals surface area contributed by atoms with Crippen LogP contribution in [0.1, 0.15) is 23.7 Å². The number of carbonyl (C=O) groups excluding carboxylic acids is 2. The van der Waals surface area contributed by atoms with E-state index in [9.17, 15) is 9.59 Å². The molecule has 4 atom stereocenters. The number of nitrogens with one attached hydrogen (secondary N) is 1. The summed E-state index contributed by atoms with van der Waals surface area (Å²) >= 11 is 0. The lowest BCUT2D eigenvalue weighted by Gasteiger charge is -2.26. The number of carbonyl (C=O) groups is 2. The van der Waals surface area contributed by atoms with E-state index >= 15 is 0 Å². The van der Waals surface area contributed by atoms with Crippen LogP contribution in [0, 0.1) is 18.3 Å². The Morgan fingerprint density at radius 3 is 2.24 bits per heavy atom. The molecule has 6 heteroatoms. The van der Waals surface area contributed by atoms with Crippen LogP contribution < -0.4 is 10.4 Å². The summed E-state index contributed by atoms with van der Waals surface area (Å²) in [5.74, 6) is -0.968. The van der Waals surface area contributed by atoms with E-state index in [-0.39, 0.29) is 11.9 Å². The zero-order valence-electron chi connectivity index (χ0n) is 18.6. The van der Waals surface area contributed by atoms with Crippen LogP contribution in [0.2, 0.25) is 0 Å². The van der Waals surface area contributed by atoms with Gasteiger partial charge in [0.05, 0.1) is 18.7 Å². The van der Waals surface area contributed by atoms with Crippen LogP contribution in [0.15, 0.2) is 84.9 Å². The molecule has 0 bridgehead atoms. The van der Waals surface area contributed by atoms with Gasteiger partial charge in [-0.15, -0.1) is 0 Å². The monoisotopic (exact) mass is 442 g/mol. The number of benzene rings is 3. The third-order valence-corrected chi connectivity index (χ3v) is 6.66. The molecule has 1 heterocycles. The Kier molecular flexibility index (Phi) is 5.38. The van der Waals surface area contributed by atoms with Gasteiger partial charge >= 0.3 is 5.97 Å². The second-order valence-corrected chi connectivity index (χ2v) is 8.71. The van der Waals surface area contributed by atoms with Crippen LogP contribution in [0.5, 0.6) is 0 Å². The lowest BCUT2D eigenvalue weighted by molar-refractivity contribution is -0.143. The lowest BCUT2D eigenvalue weighted by Crippen LogP contribution is -2.45. The first-order valence-corrected chi connectivity index (χ1v) is 11.1. The Bertz CT molecular complexity index is 1150. The summed E-state index contributed by atoms with van der Waals surface area (Å²) in [5.41, 5.74) is 2.76. The van der Waals surface area contributed by atoms with Crippen molar-refractivity contribution in [2.75, 3.05) is 17.5 Å². The number of hydrogen-bond donors (Lipinski definition) is 1. The first-order chi connectivity index (χ1) is 16.0. The summed E-state index contributed by atoms with van der Waals surface area (Å²) in [4.78, 5) is 33.0. The number of anilines is 2. The van der Waals surface area contributed by atoms with Crippen molar-refractivity contribution in [3.63, 3.8) is 0 Å². The van der Waals surface area contributed by atoms with E-state index < -0.39 is 23.5 Å². The van der Waals surface area contributed by atoms with Gasteiger partial charge in [-0.2, -0.15) is 0 Å². The summed E-state index contributed by atoms with van der Waals surface area (Å²) in [6, 6.07) is 26.2. The fourth-order valence-corrected chi connectivity index (χ4v) is 4.95. The summed E-state index contributed by atoms with van der Waals surface area (Å²) in [6.45, 7) is 2.01. The van der Waals surface area contributed by atoms with E-state index in [1.807, 2.05) is 91.9 Å². The van der Waals surface area contributed by atoms with Gasteiger partial charge in [0.15, 0.2) is 0 Å². The minimum atomic E-state index is -0.738. The number of amides is 1. The van der Waals surface area contributed by atoms with Crippen molar-refractivity contribution in [3.8, 4) is 0 Å². The van der Waals surface area contributed by atoms with Crippen LogP contribution in [-0.2, 0) is 19.2 Å². The van der Waals surface area contributed by atoms with Crippen LogP contribution in [0.25, 0.3) is 0 Å². The number of methoxy groups -OCH3 is 1. The molecular formula is C27H26N2O4. The van der Waals surface area contributed by atoms with E-state index in [2.05, 4.69) is 5.32 Å². The van der Waals surface area contributed by atoms with Crippen LogP contribution in [-0.4, -0.2) is 25.0 Å². The van der Waals surface area contributed by atoms with E-state index in [1.54, 1.807) is 5.06 Å². The molecule has 1 spiro atoms. The zero-order chi connectivity index (χ0) is 23.0. The fraction of sp³-hybridized carbons (Fsp3) is 0.259. The first-order valence-electron chi connectivity index (χ1n) is 11.1. The van der Waals surface area contributed by atoms with Gasteiger partial charge < -0.3 is 10.1 Å². The molecule has 0 aromatic heterocycles. The van der Waals surface area contributed by atoms with Gasteiger partial charge in [-0.1, -0.05) is 66.2 Å². The predicted octanol–water partition coefficient (Wildman–Crippen LogP) is 4.67. The number of hydroxylamine groups is 1. The average Bonchev–Trinajstić information content (AvgIpc) is 3.48. The third kappa shape index (κ3) is 3.66. The number of hydrogen-bond acceptors (Lipinski definition) is 5. The van der Waals surface area contributed by atoms with Crippen molar-refractivity contribution >= 4 is 23.3 Å². The molecule has 4 unspecified atom stereocenters. The van der Waals surface area contributed by atoms with Crippen LogP contribution >= 0.6 is 0 Å². The van der Waals surface area contributed by atoms with Crippen molar-refractivity contribution in [1.82, 2.24) is 0 Å². The van der Waals surface area contributed by atoms with Gasteiger partial charge in [-0.3, -0.25) is 14.4 Å². The van der Waals surface area contributed by atoms with Gasteiger partial charge in [-0.05, 0) is 43.2 Å². The quantitative estimate of drug-likeness (QED) is 0.582. The minimum Gasteiger partial charge on any atom is -0.469 e. The maximum Gasteiger partial charge on any atom is 0.309 e. The third-order valence-electron chi connectivity index (χ3n) is 6.66. The fourth-order valence-electron chi connectivity index (χ4n) is 4.95. The second-order valence-electron chi connectivity index (χ2n) is 8.71. The van der Waals surface area contributed by atoms with E-state index in [4.69, 9.17) is 9.57 Å². The largest absolute Gasteiger partial charge is 0.469 e. The topological polar surface area (TPSA) is 67.9 Å². The highest BCUT2D eigenvalue weighted by Crippen LogP contribution is 2.69. The molecule has 2 aliphatic rings. The van der Waals surface area contributed by atoms with Gasteiger partial charge in [0.1, 0.15) is 12.1 Å². The Morgan fingerprint density at radius 1 is 0.970 bits per heavy atom. The molecule has 0 radical (unpaired) electrons. The van der Waals surface area contributed by atoms with Crippen molar-refractivity contribution in [1.29, 1.82) is 0 Å². The average molecular weight is 443 g/mol. The van der Waals surface area contributed by atoms with Crippen molar-refractivity contribution in [2.45, 2.75) is 25.5 Å². The van der Waals surface area contributed by atoms with Gasteiger partial charge in [0.2, 0.25) is 5.91 Å². The molecule has 168 valence electrons. The maximum atomic E-state index is 13.8. The molecule has 1 aliphatic heterocycles. The van der Waals surface area contributed by atoms with Crippen molar-refractivity contribution in [2.24, 2.45) is 11.3 Å². The van der Waals surface area contributed by atoms with Gasteiger partial charge in [0.25, 0.3) is 0 Å². The first kappa shape index (κ1) is 21.2. The van der Waals surface area contributed by atoms with Crippen LogP contribution in [0.4, 0.5) is 11.4 Å². The molecule has 1 amide bonds. The number of para-hydroxylation sites is 1. The number of aryl methyl sites for hydroxylation is 1. The standard InChI is InChI=1S/C27H26N2O4/c1-18-13-15-21(16-14-18)29-23(25(30)28-20-11-7-4-8-12-20)27(17-22(27)26(31)32-2)24(33-29)19-9-5-3-6-10-19/h3-16,22-24H,17H2,1-2H3,(H,28,30). The highest BCUT2D eigenvalue weighted by molar-refractivity contribution is 5.99. The molecule has 2 fully saturated rings. The molecular weight excluding hydrogens is 416 g/mol. The summed E-state index contributed by atoms with van der Waals surface area (Å²) in [5, 5.41) is 4.71. The number of ether oxygens (including phenoxy) is 1. The molecule has 33 heavy (non-hydrogen) atoms. The maximum absolute atomic E-state index is 13.8. The van der Waals surface area contributed by atoms with Crippen molar-refractivity contribution in [3.05, 3.63) is 96.1 Å². The molecule has 3 aromatic carbocycles. The molecule has 6 nitrogen and oxygen atoms in total. The van der Waals surface area contributed by atoms with Gasteiger partial charge in [-0.25, -0.2) is 5.06 Å². The number of rotatable bonds is 5. The van der Waals surface area contributed by atoms with Crippen LogP contribution in [0.3, 0.4) is 0 Å². The summed E-state index contributed by atoms with van der Waals surface area (Å²) in [6.07, 6.45) is 0.0460. The molecule has 1 N–H and O–H groups in total. The summed E-state index contributed by atoms with van der Waals surface area (Å²) in [7, 11) is 1.39. The van der Waals surface area contributed by atoms with Gasteiger partial charge in [0, 0.05) is 11.1 Å². The normalized spacial score (nSPS) is 25.6. The van der Waals surface area contributed by atoms with E-state index in [0.29, 0.717) is 12.1 Å². The number of nitrogens with zero attached hydrogens (tertiary/aromatic N) is 1. The highest BCUT2D eigenvalue weighted by atomic mass is 16.7. The molecule has 1 aliphatic carbocycles. The summed E-state index contributed by atoms with van der Waals surface area (Å²) < 4.78 is 5.10.